The maximum atomic E-state index is 11.0. The highest BCUT2D eigenvalue weighted by molar-refractivity contribution is 7.90. The van der Waals surface area contributed by atoms with Crippen LogP contribution in [-0.4, -0.2) is 36.0 Å². The van der Waals surface area contributed by atoms with Crippen LogP contribution in [0, 0.1) is 0 Å². The molecule has 0 aromatic carbocycles. The number of aromatic nitrogens is 2. The van der Waals surface area contributed by atoms with E-state index in [0.29, 0.717) is 12.5 Å². The molecule has 0 spiro atoms. The van der Waals surface area contributed by atoms with E-state index in [1.54, 1.807) is 6.20 Å². The van der Waals surface area contributed by atoms with E-state index in [1.165, 1.54) is 19.1 Å². The number of aryl methyl sites for hydroxylation is 1. The quantitative estimate of drug-likeness (QED) is 0.775. The van der Waals surface area contributed by atoms with Crippen molar-refractivity contribution in [2.24, 2.45) is 0 Å². The van der Waals surface area contributed by atoms with Gasteiger partial charge in [0.25, 0.3) is 0 Å². The van der Waals surface area contributed by atoms with Crippen molar-refractivity contribution < 1.29 is 8.42 Å². The average molecular weight is 257 g/mol. The van der Waals surface area contributed by atoms with Crippen LogP contribution in [0.4, 0.5) is 0 Å². The Labute approximate surface area is 102 Å². The Balaban J connectivity index is 1.80. The predicted molar refractivity (Wildman–Crippen MR) is 66.4 cm³/mol. The van der Waals surface area contributed by atoms with Crippen molar-refractivity contribution in [2.75, 3.05) is 12.0 Å². The van der Waals surface area contributed by atoms with Crippen LogP contribution in [0.15, 0.2) is 12.4 Å². The van der Waals surface area contributed by atoms with Crippen LogP contribution in [0.1, 0.15) is 25.1 Å². The average Bonchev–Trinajstić information content (AvgIpc) is 2.95. The third kappa shape index (κ3) is 4.47. The Hall–Kier alpha value is -0.880. The Morgan fingerprint density at radius 3 is 2.94 bits per heavy atom. The van der Waals surface area contributed by atoms with Gasteiger partial charge in [0.2, 0.25) is 0 Å². The van der Waals surface area contributed by atoms with Crippen molar-refractivity contribution in [1.29, 1.82) is 0 Å². The monoisotopic (exact) mass is 257 g/mol. The minimum atomic E-state index is -2.86. The Morgan fingerprint density at radius 1 is 1.53 bits per heavy atom. The van der Waals surface area contributed by atoms with Crippen LogP contribution < -0.4 is 5.32 Å². The second-order valence-electron chi connectivity index (χ2n) is 4.68. The van der Waals surface area contributed by atoms with Crippen molar-refractivity contribution in [3.63, 3.8) is 0 Å². The van der Waals surface area contributed by atoms with Gasteiger partial charge in [0.1, 0.15) is 15.7 Å². The lowest BCUT2D eigenvalue weighted by atomic mass is 10.4. The number of rotatable bonds is 7. The lowest BCUT2D eigenvalue weighted by Gasteiger charge is -2.07. The summed E-state index contributed by atoms with van der Waals surface area (Å²) in [5, 5.41) is 3.40. The summed E-state index contributed by atoms with van der Waals surface area (Å²) in [6.45, 7) is 1.49. The normalized spacial score (nSPS) is 16.3. The summed E-state index contributed by atoms with van der Waals surface area (Å²) in [5.41, 5.74) is 0. The molecule has 0 radical (unpaired) electrons. The highest BCUT2D eigenvalue weighted by atomic mass is 32.2. The molecule has 2 rings (SSSR count). The van der Waals surface area contributed by atoms with Gasteiger partial charge in [-0.1, -0.05) is 0 Å². The molecule has 1 aliphatic rings. The number of sulfone groups is 1. The van der Waals surface area contributed by atoms with E-state index in [-0.39, 0.29) is 5.75 Å². The lowest BCUT2D eigenvalue weighted by molar-refractivity contribution is 0.573. The molecular formula is C11H19N3O2S. The molecule has 5 nitrogen and oxygen atoms in total. The van der Waals surface area contributed by atoms with Gasteiger partial charge in [0.05, 0.1) is 12.3 Å². The molecule has 0 unspecified atom stereocenters. The van der Waals surface area contributed by atoms with Gasteiger partial charge in [-0.3, -0.25) is 0 Å². The zero-order chi connectivity index (χ0) is 12.3. The molecule has 17 heavy (non-hydrogen) atoms. The van der Waals surface area contributed by atoms with Crippen molar-refractivity contribution in [3.8, 4) is 0 Å². The highest BCUT2D eigenvalue weighted by Gasteiger charge is 2.20. The summed E-state index contributed by atoms with van der Waals surface area (Å²) in [6.07, 6.45) is 8.11. The van der Waals surface area contributed by atoms with Crippen LogP contribution >= 0.6 is 0 Å². The van der Waals surface area contributed by atoms with Crippen molar-refractivity contribution >= 4 is 9.84 Å². The molecular weight excluding hydrogens is 238 g/mol. The number of nitrogens with zero attached hydrogens (tertiary/aromatic N) is 2. The molecule has 0 amide bonds. The second-order valence-corrected chi connectivity index (χ2v) is 6.94. The third-order valence-electron chi connectivity index (χ3n) is 2.84. The largest absolute Gasteiger partial charge is 0.334 e. The van der Waals surface area contributed by atoms with Gasteiger partial charge in [-0.15, -0.1) is 0 Å². The Kier molecular flexibility index (Phi) is 3.83. The van der Waals surface area contributed by atoms with E-state index in [9.17, 15) is 8.42 Å². The van der Waals surface area contributed by atoms with E-state index >= 15 is 0 Å². The second kappa shape index (κ2) is 5.18. The van der Waals surface area contributed by atoms with Gasteiger partial charge >= 0.3 is 0 Å². The molecule has 1 heterocycles. The first-order valence-corrected chi connectivity index (χ1v) is 8.02. The molecule has 0 bridgehead atoms. The number of imidazole rings is 1. The lowest BCUT2D eigenvalue weighted by Crippen LogP contribution is -2.19. The minimum absolute atomic E-state index is 0.237. The van der Waals surface area contributed by atoms with E-state index in [2.05, 4.69) is 10.3 Å². The third-order valence-corrected chi connectivity index (χ3v) is 3.87. The molecule has 1 fully saturated rings. The molecule has 0 aliphatic heterocycles. The first-order valence-electron chi connectivity index (χ1n) is 5.96. The van der Waals surface area contributed by atoms with Crippen LogP contribution in [0.5, 0.6) is 0 Å². The predicted octanol–water partition coefficient (Wildman–Crippen LogP) is 0.570. The van der Waals surface area contributed by atoms with Gasteiger partial charge in [-0.25, -0.2) is 13.4 Å². The van der Waals surface area contributed by atoms with Gasteiger partial charge in [-0.2, -0.15) is 0 Å². The van der Waals surface area contributed by atoms with Crippen LogP contribution in [0.25, 0.3) is 0 Å². The number of hydrogen-bond donors (Lipinski definition) is 1. The smallest absolute Gasteiger partial charge is 0.147 e. The van der Waals surface area contributed by atoms with Crippen molar-refractivity contribution in [2.45, 2.75) is 38.4 Å². The van der Waals surface area contributed by atoms with Gasteiger partial charge in [0.15, 0.2) is 0 Å². The molecule has 1 aliphatic carbocycles. The van der Waals surface area contributed by atoms with Crippen LogP contribution in [0.2, 0.25) is 0 Å². The van der Waals surface area contributed by atoms with Crippen LogP contribution in [-0.2, 0) is 22.9 Å². The van der Waals surface area contributed by atoms with Gasteiger partial charge in [0, 0.05) is 31.2 Å². The summed E-state index contributed by atoms with van der Waals surface area (Å²) in [5.74, 6) is 1.23. The highest BCUT2D eigenvalue weighted by Crippen LogP contribution is 2.19. The molecule has 1 saturated carbocycles. The maximum absolute atomic E-state index is 11.0. The van der Waals surface area contributed by atoms with Gasteiger partial charge in [-0.05, 0) is 19.3 Å². The van der Waals surface area contributed by atoms with E-state index in [4.69, 9.17) is 0 Å². The SMILES string of the molecule is CS(=O)(=O)CCCn1ccnc1CNC1CC1. The summed E-state index contributed by atoms with van der Waals surface area (Å²) in [4.78, 5) is 4.28. The Morgan fingerprint density at radius 2 is 2.29 bits per heavy atom. The van der Waals surface area contributed by atoms with Gasteiger partial charge < -0.3 is 9.88 Å². The summed E-state index contributed by atoms with van der Waals surface area (Å²) in [7, 11) is -2.86. The fourth-order valence-electron chi connectivity index (χ4n) is 1.73. The molecule has 1 aromatic heterocycles. The number of nitrogens with one attached hydrogen (secondary N) is 1. The topological polar surface area (TPSA) is 64.0 Å². The first-order chi connectivity index (χ1) is 8.04. The summed E-state index contributed by atoms with van der Waals surface area (Å²) >= 11 is 0. The van der Waals surface area contributed by atoms with Crippen molar-refractivity contribution in [3.05, 3.63) is 18.2 Å². The van der Waals surface area contributed by atoms with E-state index < -0.39 is 9.84 Å². The maximum Gasteiger partial charge on any atom is 0.147 e. The number of hydrogen-bond acceptors (Lipinski definition) is 4. The van der Waals surface area contributed by atoms with Crippen LogP contribution in [0.3, 0.4) is 0 Å². The fraction of sp³-hybridized carbons (Fsp3) is 0.727. The summed E-state index contributed by atoms with van der Waals surface area (Å²) in [6, 6.07) is 0.663. The molecule has 96 valence electrons. The molecule has 1 aromatic rings. The van der Waals surface area contributed by atoms with Crippen molar-refractivity contribution in [1.82, 2.24) is 14.9 Å². The standard InChI is InChI=1S/C11H19N3O2S/c1-17(15,16)8-2-6-14-7-5-12-11(14)9-13-10-3-4-10/h5,7,10,13H,2-4,6,8-9H2,1H3. The molecule has 0 atom stereocenters. The fourth-order valence-corrected chi connectivity index (χ4v) is 2.38. The Bertz CT molecular complexity index is 463. The molecule has 1 N–H and O–H groups in total. The zero-order valence-electron chi connectivity index (χ0n) is 10.1. The zero-order valence-corrected chi connectivity index (χ0v) is 10.9. The van der Waals surface area contributed by atoms with E-state index in [1.807, 2.05) is 10.8 Å². The first kappa shape index (κ1) is 12.6. The minimum Gasteiger partial charge on any atom is -0.334 e. The summed E-state index contributed by atoms with van der Waals surface area (Å²) < 4.78 is 24.1. The van der Waals surface area contributed by atoms with E-state index in [0.717, 1.165) is 18.9 Å². The molecule has 0 saturated heterocycles. The molecule has 6 heteroatoms.